The van der Waals surface area contributed by atoms with Crippen LogP contribution in [0.5, 0.6) is 0 Å². The third-order valence-electron chi connectivity index (χ3n) is 4.55. The normalized spacial score (nSPS) is 23.3. The molecule has 0 aliphatic carbocycles. The van der Waals surface area contributed by atoms with E-state index in [4.69, 9.17) is 4.74 Å². The molecule has 6 nitrogen and oxygen atoms in total. The quantitative estimate of drug-likeness (QED) is 0.743. The highest BCUT2D eigenvalue weighted by Gasteiger charge is 2.42. The van der Waals surface area contributed by atoms with Gasteiger partial charge in [0.2, 0.25) is 5.91 Å². The van der Waals surface area contributed by atoms with Gasteiger partial charge in [-0.25, -0.2) is 0 Å². The van der Waals surface area contributed by atoms with Crippen LogP contribution in [-0.2, 0) is 26.3 Å². The minimum absolute atomic E-state index is 0.0879. The van der Waals surface area contributed by atoms with Gasteiger partial charge in [0.05, 0.1) is 19.1 Å². The van der Waals surface area contributed by atoms with E-state index >= 15 is 0 Å². The molecule has 0 saturated carbocycles. The third-order valence-corrected chi connectivity index (χ3v) is 4.55. The number of amides is 1. The number of hydrogen-bond acceptors (Lipinski definition) is 4. The summed E-state index contributed by atoms with van der Waals surface area (Å²) in [6.45, 7) is 1.94. The monoisotopic (exact) mass is 315 g/mol. The number of hydrogen-bond donors (Lipinski definition) is 3. The lowest BCUT2D eigenvalue weighted by Gasteiger charge is -2.38. The fraction of sp³-hybridized carbons (Fsp3) is 0.412. The minimum atomic E-state index is -0.661. The van der Waals surface area contributed by atoms with Gasteiger partial charge >= 0.3 is 5.97 Å². The number of aromatic amines is 1. The molecule has 23 heavy (non-hydrogen) atoms. The Morgan fingerprint density at radius 1 is 1.39 bits per heavy atom. The van der Waals surface area contributed by atoms with Crippen molar-refractivity contribution >= 4 is 22.8 Å². The van der Waals surface area contributed by atoms with Crippen molar-refractivity contribution in [3.8, 4) is 0 Å². The highest BCUT2D eigenvalue weighted by atomic mass is 16.5. The van der Waals surface area contributed by atoms with Gasteiger partial charge in [0, 0.05) is 30.1 Å². The number of esters is 1. The summed E-state index contributed by atoms with van der Waals surface area (Å²) in [5.74, 6) is -0.404. The first-order chi connectivity index (χ1) is 11.0. The number of nitrogens with one attached hydrogen (secondary N) is 3. The van der Waals surface area contributed by atoms with E-state index in [-0.39, 0.29) is 18.3 Å². The van der Waals surface area contributed by atoms with Gasteiger partial charge in [-0.1, -0.05) is 18.2 Å². The number of H-pyrrole nitrogens is 1. The fourth-order valence-electron chi connectivity index (χ4n) is 3.43. The molecule has 122 valence electrons. The Morgan fingerprint density at radius 2 is 2.13 bits per heavy atom. The molecule has 1 aliphatic heterocycles. The molecule has 2 heterocycles. The van der Waals surface area contributed by atoms with Gasteiger partial charge in [0.1, 0.15) is 6.04 Å². The van der Waals surface area contributed by atoms with Crippen molar-refractivity contribution in [2.75, 3.05) is 14.2 Å². The summed E-state index contributed by atoms with van der Waals surface area (Å²) in [5, 5.41) is 7.03. The predicted molar refractivity (Wildman–Crippen MR) is 87.0 cm³/mol. The zero-order valence-electron chi connectivity index (χ0n) is 13.5. The lowest BCUT2D eigenvalue weighted by atomic mass is 9.82. The van der Waals surface area contributed by atoms with E-state index in [2.05, 4.69) is 15.6 Å². The van der Waals surface area contributed by atoms with Gasteiger partial charge in [0.15, 0.2) is 0 Å². The SMILES string of the molecule is CNC(=O)CC1(C)NC(C(=O)OC)Cc2c1[nH]c1ccccc21. The molecule has 0 radical (unpaired) electrons. The number of para-hydroxylation sites is 1. The maximum atomic E-state index is 12.1. The van der Waals surface area contributed by atoms with Crippen molar-refractivity contribution in [2.45, 2.75) is 31.3 Å². The lowest BCUT2D eigenvalue weighted by molar-refractivity contribution is -0.144. The Kier molecular flexibility index (Phi) is 3.85. The molecule has 0 fully saturated rings. The first-order valence-corrected chi connectivity index (χ1v) is 7.64. The van der Waals surface area contributed by atoms with Crippen molar-refractivity contribution in [1.29, 1.82) is 0 Å². The molecule has 1 aromatic carbocycles. The van der Waals surface area contributed by atoms with Gasteiger partial charge in [-0.2, -0.15) is 0 Å². The summed E-state index contributed by atoms with van der Waals surface area (Å²) >= 11 is 0. The molecule has 0 bridgehead atoms. The van der Waals surface area contributed by atoms with Crippen LogP contribution in [0.25, 0.3) is 10.9 Å². The number of aromatic nitrogens is 1. The molecular weight excluding hydrogens is 294 g/mol. The molecule has 1 aliphatic rings. The Morgan fingerprint density at radius 3 is 2.83 bits per heavy atom. The second-order valence-electron chi connectivity index (χ2n) is 6.13. The van der Waals surface area contributed by atoms with Crippen LogP contribution in [0.15, 0.2) is 24.3 Å². The summed E-state index contributed by atoms with van der Waals surface area (Å²) in [4.78, 5) is 27.5. The number of fused-ring (bicyclic) bond motifs is 3. The smallest absolute Gasteiger partial charge is 0.323 e. The largest absolute Gasteiger partial charge is 0.468 e. The summed E-state index contributed by atoms with van der Waals surface area (Å²) < 4.78 is 4.91. The molecule has 0 saturated heterocycles. The lowest BCUT2D eigenvalue weighted by Crippen LogP contribution is -2.56. The Labute approximate surface area is 134 Å². The predicted octanol–water partition coefficient (Wildman–Crippen LogP) is 1.21. The number of carbonyl (C=O) groups excluding carboxylic acids is 2. The van der Waals surface area contributed by atoms with E-state index in [0.29, 0.717) is 6.42 Å². The van der Waals surface area contributed by atoms with Gasteiger partial charge < -0.3 is 15.0 Å². The molecule has 1 aromatic heterocycles. The molecule has 2 atom stereocenters. The van der Waals surface area contributed by atoms with Crippen molar-refractivity contribution in [1.82, 2.24) is 15.6 Å². The van der Waals surface area contributed by atoms with Crippen LogP contribution in [0.4, 0.5) is 0 Å². The second kappa shape index (κ2) is 5.70. The van der Waals surface area contributed by atoms with E-state index in [1.807, 2.05) is 31.2 Å². The second-order valence-corrected chi connectivity index (χ2v) is 6.13. The average Bonchev–Trinajstić information content (AvgIpc) is 2.93. The van der Waals surface area contributed by atoms with Gasteiger partial charge in [0.25, 0.3) is 0 Å². The van der Waals surface area contributed by atoms with Crippen LogP contribution in [0.2, 0.25) is 0 Å². The van der Waals surface area contributed by atoms with E-state index in [1.54, 1.807) is 7.05 Å². The number of rotatable bonds is 3. The maximum absolute atomic E-state index is 12.1. The van der Waals surface area contributed by atoms with Crippen LogP contribution in [0.1, 0.15) is 24.6 Å². The molecule has 3 rings (SSSR count). The summed E-state index contributed by atoms with van der Waals surface area (Å²) in [6.07, 6.45) is 0.770. The molecule has 1 amide bonds. The Hall–Kier alpha value is -2.34. The van der Waals surface area contributed by atoms with Crippen LogP contribution in [-0.4, -0.2) is 37.1 Å². The van der Waals surface area contributed by atoms with E-state index < -0.39 is 11.6 Å². The zero-order valence-corrected chi connectivity index (χ0v) is 13.5. The molecular formula is C17H21N3O3. The summed E-state index contributed by atoms with van der Waals surface area (Å²) in [7, 11) is 2.99. The van der Waals surface area contributed by atoms with Crippen molar-refractivity contribution in [3.05, 3.63) is 35.5 Å². The third kappa shape index (κ3) is 2.59. The van der Waals surface area contributed by atoms with E-state index in [1.165, 1.54) is 7.11 Å². The Balaban J connectivity index is 2.13. The van der Waals surface area contributed by atoms with Gasteiger partial charge in [-0.05, 0) is 18.6 Å². The minimum Gasteiger partial charge on any atom is -0.468 e. The standard InChI is InChI=1S/C17H21N3O3/c1-17(9-14(21)18-2)15-11(8-13(20-17)16(22)23-3)10-6-4-5-7-12(10)19-15/h4-7,13,19-20H,8-9H2,1-3H3,(H,18,21). The zero-order chi connectivity index (χ0) is 16.6. The number of methoxy groups -OCH3 is 1. The summed E-state index contributed by atoms with van der Waals surface area (Å²) in [5.41, 5.74) is 2.38. The number of carbonyl (C=O) groups is 2. The average molecular weight is 315 g/mol. The van der Waals surface area contributed by atoms with E-state index in [9.17, 15) is 9.59 Å². The van der Waals surface area contributed by atoms with Crippen LogP contribution < -0.4 is 10.6 Å². The molecule has 0 spiro atoms. The Bertz CT molecular complexity index is 768. The summed E-state index contributed by atoms with van der Waals surface area (Å²) in [6, 6.07) is 7.50. The van der Waals surface area contributed by atoms with Crippen LogP contribution >= 0.6 is 0 Å². The topological polar surface area (TPSA) is 83.2 Å². The van der Waals surface area contributed by atoms with Crippen molar-refractivity contribution < 1.29 is 14.3 Å². The van der Waals surface area contributed by atoms with Gasteiger partial charge in [-0.15, -0.1) is 0 Å². The first kappa shape index (κ1) is 15.6. The highest BCUT2D eigenvalue weighted by molar-refractivity contribution is 5.88. The highest BCUT2D eigenvalue weighted by Crippen LogP contribution is 2.37. The number of ether oxygens (including phenoxy) is 1. The molecule has 6 heteroatoms. The molecule has 2 unspecified atom stereocenters. The first-order valence-electron chi connectivity index (χ1n) is 7.64. The maximum Gasteiger partial charge on any atom is 0.323 e. The molecule has 3 N–H and O–H groups in total. The number of benzene rings is 1. The van der Waals surface area contributed by atoms with E-state index in [0.717, 1.165) is 22.2 Å². The fourth-order valence-corrected chi connectivity index (χ4v) is 3.43. The van der Waals surface area contributed by atoms with Crippen molar-refractivity contribution in [2.24, 2.45) is 0 Å². The molecule has 2 aromatic rings. The van der Waals surface area contributed by atoms with Crippen LogP contribution in [0.3, 0.4) is 0 Å². The van der Waals surface area contributed by atoms with Gasteiger partial charge in [-0.3, -0.25) is 14.9 Å². The van der Waals surface area contributed by atoms with Crippen LogP contribution in [0, 0.1) is 0 Å². The van der Waals surface area contributed by atoms with Crippen molar-refractivity contribution in [3.63, 3.8) is 0 Å².